The second kappa shape index (κ2) is 8.76. The van der Waals surface area contributed by atoms with Crippen LogP contribution in [0.5, 0.6) is 11.5 Å². The number of halogens is 2. The highest BCUT2D eigenvalue weighted by Gasteiger charge is 2.07. The molecule has 126 valence electrons. The molecule has 0 aliphatic rings. The molecular weight excluding hydrogens is 394 g/mol. The van der Waals surface area contributed by atoms with Crippen molar-refractivity contribution >= 4 is 39.1 Å². The highest BCUT2D eigenvalue weighted by atomic mass is 79.9. The van der Waals surface area contributed by atoms with Crippen LogP contribution in [-0.2, 0) is 4.79 Å². The maximum absolute atomic E-state index is 11.9. The van der Waals surface area contributed by atoms with Gasteiger partial charge in [0, 0.05) is 10.2 Å². The number of carbonyl (C=O) groups excluding carboxylic acids is 1. The SMILES string of the molecule is C=C(C)COc1ccc(NC(=O)COc2ccc(Br)cc2Cl)cc1. The summed E-state index contributed by atoms with van der Waals surface area (Å²) in [5.74, 6) is 0.900. The van der Waals surface area contributed by atoms with Gasteiger partial charge in [0.25, 0.3) is 5.91 Å². The summed E-state index contributed by atoms with van der Waals surface area (Å²) in [6.45, 7) is 6.01. The van der Waals surface area contributed by atoms with Crippen LogP contribution in [0, 0.1) is 0 Å². The minimum absolute atomic E-state index is 0.130. The third-order valence-corrected chi connectivity index (χ3v) is 3.66. The van der Waals surface area contributed by atoms with Gasteiger partial charge in [-0.3, -0.25) is 4.79 Å². The molecule has 0 aromatic heterocycles. The summed E-state index contributed by atoms with van der Waals surface area (Å²) >= 11 is 9.35. The number of nitrogens with one attached hydrogen (secondary N) is 1. The van der Waals surface area contributed by atoms with E-state index in [0.717, 1.165) is 10.0 Å². The van der Waals surface area contributed by atoms with Gasteiger partial charge in [0.1, 0.15) is 18.1 Å². The molecule has 1 amide bonds. The highest BCUT2D eigenvalue weighted by molar-refractivity contribution is 9.10. The number of benzene rings is 2. The summed E-state index contributed by atoms with van der Waals surface area (Å²) in [5, 5.41) is 3.19. The van der Waals surface area contributed by atoms with E-state index < -0.39 is 0 Å². The first kappa shape index (κ1) is 18.4. The van der Waals surface area contributed by atoms with Crippen LogP contribution in [0.1, 0.15) is 6.92 Å². The molecule has 6 heteroatoms. The molecule has 0 heterocycles. The molecule has 0 saturated heterocycles. The highest BCUT2D eigenvalue weighted by Crippen LogP contribution is 2.27. The lowest BCUT2D eigenvalue weighted by molar-refractivity contribution is -0.118. The van der Waals surface area contributed by atoms with E-state index in [1.807, 2.05) is 6.92 Å². The Kier molecular flexibility index (Phi) is 6.70. The predicted molar refractivity (Wildman–Crippen MR) is 100 cm³/mol. The molecule has 0 radical (unpaired) electrons. The fourth-order valence-corrected chi connectivity index (χ4v) is 2.50. The van der Waals surface area contributed by atoms with Gasteiger partial charge in [0.2, 0.25) is 0 Å². The quantitative estimate of drug-likeness (QED) is 0.648. The van der Waals surface area contributed by atoms with Crippen LogP contribution in [0.2, 0.25) is 5.02 Å². The van der Waals surface area contributed by atoms with Crippen molar-refractivity contribution in [3.8, 4) is 11.5 Å². The van der Waals surface area contributed by atoms with Crippen LogP contribution in [0.3, 0.4) is 0 Å². The van der Waals surface area contributed by atoms with Crippen LogP contribution < -0.4 is 14.8 Å². The third-order valence-electron chi connectivity index (χ3n) is 2.88. The van der Waals surface area contributed by atoms with Crippen LogP contribution in [0.25, 0.3) is 0 Å². The Balaban J connectivity index is 1.84. The molecule has 0 aliphatic heterocycles. The van der Waals surface area contributed by atoms with Crippen molar-refractivity contribution in [3.63, 3.8) is 0 Å². The maximum Gasteiger partial charge on any atom is 0.262 e. The Hall–Kier alpha value is -1.98. The van der Waals surface area contributed by atoms with Crippen molar-refractivity contribution in [2.45, 2.75) is 6.92 Å². The Labute approximate surface area is 154 Å². The zero-order valence-corrected chi connectivity index (χ0v) is 15.5. The van der Waals surface area contributed by atoms with E-state index in [-0.39, 0.29) is 12.5 Å². The minimum atomic E-state index is -0.274. The number of carbonyl (C=O) groups is 1. The lowest BCUT2D eigenvalue weighted by atomic mass is 10.3. The monoisotopic (exact) mass is 409 g/mol. The van der Waals surface area contributed by atoms with Crippen molar-refractivity contribution in [2.75, 3.05) is 18.5 Å². The van der Waals surface area contributed by atoms with Crippen LogP contribution in [-0.4, -0.2) is 19.1 Å². The second-order valence-electron chi connectivity index (χ2n) is 5.18. The summed E-state index contributed by atoms with van der Waals surface area (Å²) in [7, 11) is 0. The van der Waals surface area contributed by atoms with E-state index in [4.69, 9.17) is 21.1 Å². The molecular formula is C18H17BrClNO3. The number of hydrogen-bond donors (Lipinski definition) is 1. The van der Waals surface area contributed by atoms with Gasteiger partial charge in [0.15, 0.2) is 6.61 Å². The van der Waals surface area contributed by atoms with Crippen molar-refractivity contribution < 1.29 is 14.3 Å². The third kappa shape index (κ3) is 5.91. The minimum Gasteiger partial charge on any atom is -0.489 e. The summed E-state index contributed by atoms with van der Waals surface area (Å²) in [6.07, 6.45) is 0. The Morgan fingerprint density at radius 3 is 2.50 bits per heavy atom. The largest absolute Gasteiger partial charge is 0.489 e. The summed E-state index contributed by atoms with van der Waals surface area (Å²) < 4.78 is 11.8. The van der Waals surface area contributed by atoms with E-state index in [1.165, 1.54) is 0 Å². The van der Waals surface area contributed by atoms with Gasteiger partial charge in [-0.25, -0.2) is 0 Å². The molecule has 24 heavy (non-hydrogen) atoms. The first-order valence-corrected chi connectivity index (χ1v) is 8.36. The molecule has 0 atom stereocenters. The van der Waals surface area contributed by atoms with E-state index in [0.29, 0.717) is 28.8 Å². The molecule has 0 unspecified atom stereocenters. The van der Waals surface area contributed by atoms with Gasteiger partial charge in [0.05, 0.1) is 5.02 Å². The summed E-state index contributed by atoms with van der Waals surface area (Å²) in [5.41, 5.74) is 1.60. The standard InChI is InChI=1S/C18H17BrClNO3/c1-12(2)10-23-15-6-4-14(5-7-15)21-18(22)11-24-17-8-3-13(19)9-16(17)20/h3-9H,1,10-11H2,2H3,(H,21,22). The second-order valence-corrected chi connectivity index (χ2v) is 6.50. The number of amides is 1. The van der Waals surface area contributed by atoms with E-state index in [2.05, 4.69) is 27.8 Å². The number of rotatable bonds is 7. The molecule has 0 aliphatic carbocycles. The maximum atomic E-state index is 11.9. The topological polar surface area (TPSA) is 47.6 Å². The van der Waals surface area contributed by atoms with Crippen LogP contribution in [0.15, 0.2) is 59.1 Å². The molecule has 0 spiro atoms. The lowest BCUT2D eigenvalue weighted by Gasteiger charge is -2.10. The van der Waals surface area contributed by atoms with Crippen molar-refractivity contribution in [2.24, 2.45) is 0 Å². The number of ether oxygens (including phenoxy) is 2. The Morgan fingerprint density at radius 1 is 1.17 bits per heavy atom. The first-order valence-electron chi connectivity index (χ1n) is 7.19. The molecule has 4 nitrogen and oxygen atoms in total. The van der Waals surface area contributed by atoms with Gasteiger partial charge < -0.3 is 14.8 Å². The lowest BCUT2D eigenvalue weighted by Crippen LogP contribution is -2.20. The summed E-state index contributed by atoms with van der Waals surface area (Å²) in [4.78, 5) is 11.9. The van der Waals surface area contributed by atoms with Crippen LogP contribution >= 0.6 is 27.5 Å². The van der Waals surface area contributed by atoms with E-state index in [9.17, 15) is 4.79 Å². The average molecular weight is 411 g/mol. The number of anilines is 1. The predicted octanol–water partition coefficient (Wildman–Crippen LogP) is 5.07. The van der Waals surface area contributed by atoms with Crippen molar-refractivity contribution in [3.05, 3.63) is 64.1 Å². The van der Waals surface area contributed by atoms with Gasteiger partial charge >= 0.3 is 0 Å². The molecule has 0 fully saturated rings. The molecule has 2 rings (SSSR count). The van der Waals surface area contributed by atoms with Gasteiger partial charge in [-0.15, -0.1) is 0 Å². The molecule has 1 N–H and O–H groups in total. The Bertz CT molecular complexity index is 732. The fourth-order valence-electron chi connectivity index (χ4n) is 1.77. The first-order chi connectivity index (χ1) is 11.4. The zero-order chi connectivity index (χ0) is 17.5. The Morgan fingerprint density at radius 2 is 1.88 bits per heavy atom. The smallest absolute Gasteiger partial charge is 0.262 e. The average Bonchev–Trinajstić information content (AvgIpc) is 2.53. The van der Waals surface area contributed by atoms with E-state index >= 15 is 0 Å². The van der Waals surface area contributed by atoms with Crippen molar-refractivity contribution in [1.29, 1.82) is 0 Å². The zero-order valence-electron chi connectivity index (χ0n) is 13.1. The molecule has 0 saturated carbocycles. The van der Waals surface area contributed by atoms with Crippen LogP contribution in [0.4, 0.5) is 5.69 Å². The molecule has 2 aromatic carbocycles. The number of hydrogen-bond acceptors (Lipinski definition) is 3. The fraction of sp³-hybridized carbons (Fsp3) is 0.167. The van der Waals surface area contributed by atoms with E-state index in [1.54, 1.807) is 42.5 Å². The van der Waals surface area contributed by atoms with Gasteiger partial charge in [-0.2, -0.15) is 0 Å². The molecule has 2 aromatic rings. The van der Waals surface area contributed by atoms with Gasteiger partial charge in [-0.05, 0) is 55.0 Å². The van der Waals surface area contributed by atoms with Crippen molar-refractivity contribution in [1.82, 2.24) is 0 Å². The summed E-state index contributed by atoms with van der Waals surface area (Å²) in [6, 6.07) is 12.3. The normalized spacial score (nSPS) is 10.1. The molecule has 0 bridgehead atoms. The van der Waals surface area contributed by atoms with Gasteiger partial charge in [-0.1, -0.05) is 34.1 Å².